The third-order valence-corrected chi connectivity index (χ3v) is 4.02. The summed E-state index contributed by atoms with van der Waals surface area (Å²) in [6.45, 7) is 4.57. The van der Waals surface area contributed by atoms with E-state index in [2.05, 4.69) is 24.5 Å². The van der Waals surface area contributed by atoms with Crippen molar-refractivity contribution in [1.82, 2.24) is 10.6 Å². The molecule has 0 atom stereocenters. The van der Waals surface area contributed by atoms with Gasteiger partial charge in [-0.2, -0.15) is 0 Å². The highest BCUT2D eigenvalue weighted by molar-refractivity contribution is 6.30. The van der Waals surface area contributed by atoms with Crippen molar-refractivity contribution in [3.8, 4) is 5.75 Å². The second-order valence-electron chi connectivity index (χ2n) is 6.77. The van der Waals surface area contributed by atoms with Gasteiger partial charge in [-0.1, -0.05) is 37.6 Å². The number of aliphatic hydroxyl groups excluding tert-OH is 1. The second-order valence-corrected chi connectivity index (χ2v) is 7.21. The zero-order valence-corrected chi connectivity index (χ0v) is 17.2. The Balaban J connectivity index is 2.15. The number of rotatable bonds is 9. The quantitative estimate of drug-likeness (QED) is 0.547. The van der Waals surface area contributed by atoms with E-state index in [0.29, 0.717) is 34.4 Å². The summed E-state index contributed by atoms with van der Waals surface area (Å²) >= 11 is 5.89. The van der Waals surface area contributed by atoms with Gasteiger partial charge in [0.15, 0.2) is 0 Å². The third-order valence-electron chi connectivity index (χ3n) is 3.77. The third kappa shape index (κ3) is 7.60. The number of carbonyl (C=O) groups is 2. The Morgan fingerprint density at radius 3 is 2.34 bits per heavy atom. The summed E-state index contributed by atoms with van der Waals surface area (Å²) < 4.78 is 5.61. The fourth-order valence-corrected chi connectivity index (χ4v) is 2.43. The lowest BCUT2D eigenvalue weighted by atomic mass is 10.1. The summed E-state index contributed by atoms with van der Waals surface area (Å²) in [7, 11) is 0. The number of halogens is 1. The van der Waals surface area contributed by atoms with Crippen LogP contribution < -0.4 is 15.4 Å². The molecule has 6 nitrogen and oxygen atoms in total. The Morgan fingerprint density at radius 1 is 1.10 bits per heavy atom. The van der Waals surface area contributed by atoms with E-state index < -0.39 is 11.8 Å². The van der Waals surface area contributed by atoms with Gasteiger partial charge in [0.1, 0.15) is 11.4 Å². The van der Waals surface area contributed by atoms with Gasteiger partial charge in [-0.15, -0.1) is 0 Å². The van der Waals surface area contributed by atoms with Crippen LogP contribution in [-0.4, -0.2) is 36.7 Å². The maximum atomic E-state index is 12.6. The molecule has 2 amide bonds. The first-order valence-corrected chi connectivity index (χ1v) is 9.67. The first kappa shape index (κ1) is 22.5. The van der Waals surface area contributed by atoms with Gasteiger partial charge < -0.3 is 20.5 Å². The summed E-state index contributed by atoms with van der Waals surface area (Å²) in [6.07, 6.45) is 1.54. The number of benzene rings is 2. The first-order chi connectivity index (χ1) is 13.9. The lowest BCUT2D eigenvalue weighted by molar-refractivity contribution is -0.117. The highest BCUT2D eigenvalue weighted by atomic mass is 35.5. The summed E-state index contributed by atoms with van der Waals surface area (Å²) in [5.74, 6) is 0.142. The van der Waals surface area contributed by atoms with E-state index in [0.717, 1.165) is 0 Å². The summed E-state index contributed by atoms with van der Waals surface area (Å²) in [5, 5.41) is 14.7. The van der Waals surface area contributed by atoms with Gasteiger partial charge in [-0.25, -0.2) is 0 Å². The Bertz CT molecular complexity index is 846. The van der Waals surface area contributed by atoms with Crippen molar-refractivity contribution in [2.75, 3.05) is 19.8 Å². The largest absolute Gasteiger partial charge is 0.493 e. The zero-order valence-electron chi connectivity index (χ0n) is 16.4. The Kier molecular flexibility index (Phi) is 8.70. The van der Waals surface area contributed by atoms with Gasteiger partial charge in [0, 0.05) is 17.1 Å². The number of aliphatic hydroxyl groups is 1. The minimum Gasteiger partial charge on any atom is -0.493 e. The molecule has 0 saturated carbocycles. The number of carbonyl (C=O) groups excluding carboxylic acids is 2. The maximum absolute atomic E-state index is 12.6. The van der Waals surface area contributed by atoms with Gasteiger partial charge in [-0.3, -0.25) is 9.59 Å². The molecule has 0 radical (unpaired) electrons. The fraction of sp³-hybridized carbons (Fsp3) is 0.273. The highest BCUT2D eigenvalue weighted by Gasteiger charge is 2.14. The minimum absolute atomic E-state index is 0.0610. The van der Waals surface area contributed by atoms with Gasteiger partial charge in [0.2, 0.25) is 0 Å². The highest BCUT2D eigenvalue weighted by Crippen LogP contribution is 2.15. The van der Waals surface area contributed by atoms with Crippen LogP contribution in [0.5, 0.6) is 5.75 Å². The van der Waals surface area contributed by atoms with E-state index in [1.165, 1.54) is 0 Å². The van der Waals surface area contributed by atoms with Crippen molar-refractivity contribution in [2.45, 2.75) is 13.8 Å². The van der Waals surface area contributed by atoms with Crippen molar-refractivity contribution < 1.29 is 19.4 Å². The Hall–Kier alpha value is -2.83. The predicted molar refractivity (Wildman–Crippen MR) is 114 cm³/mol. The van der Waals surface area contributed by atoms with E-state index in [4.69, 9.17) is 21.4 Å². The van der Waals surface area contributed by atoms with E-state index >= 15 is 0 Å². The molecule has 3 N–H and O–H groups in total. The fourth-order valence-electron chi connectivity index (χ4n) is 2.31. The van der Waals surface area contributed by atoms with E-state index in [-0.39, 0.29) is 18.8 Å². The molecule has 0 aliphatic rings. The lowest BCUT2D eigenvalue weighted by Gasteiger charge is -2.12. The van der Waals surface area contributed by atoms with Crippen LogP contribution >= 0.6 is 11.6 Å². The summed E-state index contributed by atoms with van der Waals surface area (Å²) in [5.41, 5.74) is 1.14. The molecule has 0 aromatic heterocycles. The van der Waals surface area contributed by atoms with Gasteiger partial charge in [-0.05, 0) is 54.0 Å². The van der Waals surface area contributed by atoms with E-state index in [1.54, 1.807) is 54.6 Å². The van der Waals surface area contributed by atoms with Crippen LogP contribution in [-0.2, 0) is 4.79 Å². The molecule has 2 rings (SSSR count). The van der Waals surface area contributed by atoms with Crippen molar-refractivity contribution in [2.24, 2.45) is 5.92 Å². The van der Waals surface area contributed by atoms with Gasteiger partial charge in [0.25, 0.3) is 11.8 Å². The predicted octanol–water partition coefficient (Wildman–Crippen LogP) is 3.25. The molecule has 0 unspecified atom stereocenters. The van der Waals surface area contributed by atoms with Crippen LogP contribution in [0.25, 0.3) is 6.08 Å². The van der Waals surface area contributed by atoms with E-state index in [1.807, 2.05) is 0 Å². The minimum atomic E-state index is -0.501. The van der Waals surface area contributed by atoms with Crippen LogP contribution in [0.1, 0.15) is 29.8 Å². The van der Waals surface area contributed by atoms with Crippen LogP contribution in [0.4, 0.5) is 0 Å². The average molecular weight is 417 g/mol. The molecular weight excluding hydrogens is 392 g/mol. The summed E-state index contributed by atoms with van der Waals surface area (Å²) in [4.78, 5) is 25.0. The van der Waals surface area contributed by atoms with Crippen LogP contribution in [0, 0.1) is 5.92 Å². The number of hydrogen-bond donors (Lipinski definition) is 3. The molecule has 0 bridgehead atoms. The monoisotopic (exact) mass is 416 g/mol. The molecule has 0 spiro atoms. The molecule has 0 heterocycles. The van der Waals surface area contributed by atoms with Crippen molar-refractivity contribution in [3.05, 3.63) is 70.4 Å². The number of nitrogens with one attached hydrogen (secondary N) is 2. The Labute approximate surface area is 175 Å². The first-order valence-electron chi connectivity index (χ1n) is 9.29. The smallest absolute Gasteiger partial charge is 0.267 e. The average Bonchev–Trinajstić information content (AvgIpc) is 2.71. The van der Waals surface area contributed by atoms with Gasteiger partial charge >= 0.3 is 0 Å². The van der Waals surface area contributed by atoms with Crippen molar-refractivity contribution in [3.63, 3.8) is 0 Å². The molecule has 0 aliphatic carbocycles. The topological polar surface area (TPSA) is 87.7 Å². The zero-order chi connectivity index (χ0) is 21.2. The molecule has 0 saturated heterocycles. The number of hydrogen-bond acceptors (Lipinski definition) is 4. The molecule has 0 aliphatic heterocycles. The SMILES string of the molecule is CC(C)COc1ccc(C(=O)N/C(=C/c2ccc(Cl)cc2)C(=O)NCCO)cc1. The van der Waals surface area contributed by atoms with Crippen LogP contribution in [0.2, 0.25) is 5.02 Å². The van der Waals surface area contributed by atoms with Crippen LogP contribution in [0.3, 0.4) is 0 Å². The van der Waals surface area contributed by atoms with Crippen molar-refractivity contribution in [1.29, 1.82) is 0 Å². The van der Waals surface area contributed by atoms with Gasteiger partial charge in [0.05, 0.1) is 13.2 Å². The molecule has 7 heteroatoms. The maximum Gasteiger partial charge on any atom is 0.267 e. The van der Waals surface area contributed by atoms with Crippen LogP contribution in [0.15, 0.2) is 54.2 Å². The van der Waals surface area contributed by atoms with Crippen molar-refractivity contribution >= 4 is 29.5 Å². The second kappa shape index (κ2) is 11.2. The standard InChI is InChI=1S/C22H25ClN2O4/c1-15(2)14-29-19-9-5-17(6-10-19)21(27)25-20(22(28)24-11-12-26)13-16-3-7-18(23)8-4-16/h3-10,13,15,26H,11-12,14H2,1-2H3,(H,24,28)(H,25,27)/b20-13+. The molecular formula is C22H25ClN2O4. The number of ether oxygens (including phenoxy) is 1. The summed E-state index contributed by atoms with van der Waals surface area (Å²) in [6, 6.07) is 13.5. The molecule has 2 aromatic carbocycles. The molecule has 0 fully saturated rings. The van der Waals surface area contributed by atoms with E-state index in [9.17, 15) is 9.59 Å². The normalized spacial score (nSPS) is 11.3. The number of amides is 2. The Morgan fingerprint density at radius 2 is 1.76 bits per heavy atom. The molecule has 154 valence electrons. The lowest BCUT2D eigenvalue weighted by Crippen LogP contribution is -2.36. The molecule has 29 heavy (non-hydrogen) atoms. The molecule has 2 aromatic rings.